The summed E-state index contributed by atoms with van der Waals surface area (Å²) in [5, 5.41) is 12.5. The lowest BCUT2D eigenvalue weighted by Crippen LogP contribution is -1.87. The number of hydrogen-bond donors (Lipinski definition) is 1. The molecule has 0 amide bonds. The van der Waals surface area contributed by atoms with E-state index in [-0.39, 0.29) is 6.61 Å². The molecule has 4 nitrogen and oxygen atoms in total. The summed E-state index contributed by atoms with van der Waals surface area (Å²) >= 11 is 3.43. The highest BCUT2D eigenvalue weighted by molar-refractivity contribution is 9.10. The molecular formula is C10H9BrN2O2. The Hall–Kier alpha value is -1.20. The lowest BCUT2D eigenvalue weighted by atomic mass is 10.1. The van der Waals surface area contributed by atoms with Gasteiger partial charge in [-0.3, -0.25) is 0 Å². The highest BCUT2D eigenvalue weighted by Crippen LogP contribution is 2.27. The zero-order valence-corrected chi connectivity index (χ0v) is 9.65. The first-order chi connectivity index (χ1) is 7.22. The van der Waals surface area contributed by atoms with Crippen LogP contribution in [-0.4, -0.2) is 15.2 Å². The summed E-state index contributed by atoms with van der Waals surface area (Å²) in [6, 6.07) is 5.74. The molecule has 1 heterocycles. The number of aromatic nitrogens is 2. The number of benzene rings is 1. The van der Waals surface area contributed by atoms with E-state index in [2.05, 4.69) is 26.1 Å². The van der Waals surface area contributed by atoms with Gasteiger partial charge >= 0.3 is 0 Å². The van der Waals surface area contributed by atoms with Crippen LogP contribution in [0.15, 0.2) is 27.2 Å². The molecule has 1 aromatic heterocycles. The molecule has 0 bridgehead atoms. The molecule has 0 saturated carbocycles. The first kappa shape index (κ1) is 10.3. The predicted molar refractivity (Wildman–Crippen MR) is 58.1 cm³/mol. The van der Waals surface area contributed by atoms with E-state index < -0.39 is 0 Å². The van der Waals surface area contributed by atoms with Crippen LogP contribution in [0.25, 0.3) is 11.5 Å². The third-order valence-electron chi connectivity index (χ3n) is 2.11. The van der Waals surface area contributed by atoms with Crippen molar-refractivity contribution in [2.24, 2.45) is 0 Å². The van der Waals surface area contributed by atoms with Gasteiger partial charge in [-0.05, 0) is 24.6 Å². The van der Waals surface area contributed by atoms with E-state index in [4.69, 9.17) is 9.63 Å². The van der Waals surface area contributed by atoms with Crippen LogP contribution in [0.2, 0.25) is 0 Å². The number of rotatable bonds is 2. The second-order valence-corrected chi connectivity index (χ2v) is 3.94. The fraction of sp³-hybridized carbons (Fsp3) is 0.200. The standard InChI is InChI=1S/C10H9BrN2O2/c1-6-7(3-2-4-8(6)11)10-12-9(5-14)13-15-10/h2-4,14H,5H2,1H3. The molecular weight excluding hydrogens is 260 g/mol. The molecule has 0 fully saturated rings. The van der Waals surface area contributed by atoms with Crippen LogP contribution in [0, 0.1) is 6.92 Å². The zero-order valence-electron chi connectivity index (χ0n) is 8.07. The fourth-order valence-electron chi connectivity index (χ4n) is 1.27. The van der Waals surface area contributed by atoms with Gasteiger partial charge in [0.25, 0.3) is 5.89 Å². The Morgan fingerprint density at radius 3 is 2.93 bits per heavy atom. The van der Waals surface area contributed by atoms with Crippen molar-refractivity contribution in [3.05, 3.63) is 34.1 Å². The van der Waals surface area contributed by atoms with E-state index >= 15 is 0 Å². The average molecular weight is 269 g/mol. The molecule has 0 aliphatic carbocycles. The smallest absolute Gasteiger partial charge is 0.258 e. The van der Waals surface area contributed by atoms with Crippen LogP contribution in [0.1, 0.15) is 11.4 Å². The maximum atomic E-state index is 8.83. The first-order valence-corrected chi connectivity index (χ1v) is 5.20. The number of aliphatic hydroxyl groups excluding tert-OH is 1. The maximum absolute atomic E-state index is 8.83. The molecule has 0 unspecified atom stereocenters. The van der Waals surface area contributed by atoms with Gasteiger partial charge in [0.05, 0.1) is 0 Å². The average Bonchev–Trinajstić information content (AvgIpc) is 2.70. The van der Waals surface area contributed by atoms with Gasteiger partial charge in [0, 0.05) is 10.0 Å². The molecule has 5 heteroatoms. The summed E-state index contributed by atoms with van der Waals surface area (Å²) in [5.41, 5.74) is 1.90. The van der Waals surface area contributed by atoms with Gasteiger partial charge in [0.15, 0.2) is 5.82 Å². The van der Waals surface area contributed by atoms with Crippen molar-refractivity contribution in [3.63, 3.8) is 0 Å². The predicted octanol–water partition coefficient (Wildman–Crippen LogP) is 2.30. The number of halogens is 1. The van der Waals surface area contributed by atoms with Crippen molar-refractivity contribution < 1.29 is 9.63 Å². The number of aliphatic hydroxyl groups is 1. The number of hydrogen-bond acceptors (Lipinski definition) is 4. The molecule has 0 aliphatic rings. The molecule has 1 N–H and O–H groups in total. The van der Waals surface area contributed by atoms with Crippen molar-refractivity contribution >= 4 is 15.9 Å². The molecule has 0 aliphatic heterocycles. The minimum atomic E-state index is -0.212. The minimum Gasteiger partial charge on any atom is -0.388 e. The van der Waals surface area contributed by atoms with Gasteiger partial charge in [-0.1, -0.05) is 27.2 Å². The minimum absolute atomic E-state index is 0.212. The molecule has 2 aromatic rings. The second-order valence-electron chi connectivity index (χ2n) is 3.09. The van der Waals surface area contributed by atoms with E-state index in [1.165, 1.54) is 0 Å². The lowest BCUT2D eigenvalue weighted by molar-refractivity contribution is 0.264. The van der Waals surface area contributed by atoms with Crippen LogP contribution in [-0.2, 0) is 6.61 Å². The third kappa shape index (κ3) is 1.93. The molecule has 1 aromatic carbocycles. The Bertz CT molecular complexity index is 482. The van der Waals surface area contributed by atoms with Crippen LogP contribution in [0.3, 0.4) is 0 Å². The van der Waals surface area contributed by atoms with Gasteiger partial charge < -0.3 is 9.63 Å². The summed E-state index contributed by atoms with van der Waals surface area (Å²) in [6.45, 7) is 1.75. The largest absolute Gasteiger partial charge is 0.388 e. The molecule has 0 spiro atoms. The van der Waals surface area contributed by atoms with E-state index in [1.807, 2.05) is 25.1 Å². The Balaban J connectivity index is 2.49. The summed E-state index contributed by atoms with van der Waals surface area (Å²) in [6.07, 6.45) is 0. The Kier molecular flexibility index (Phi) is 2.83. The number of nitrogens with zero attached hydrogens (tertiary/aromatic N) is 2. The zero-order chi connectivity index (χ0) is 10.8. The van der Waals surface area contributed by atoms with Crippen molar-refractivity contribution in [1.82, 2.24) is 10.1 Å². The van der Waals surface area contributed by atoms with Crippen molar-refractivity contribution in [3.8, 4) is 11.5 Å². The molecule has 0 saturated heterocycles. The SMILES string of the molecule is Cc1c(Br)cccc1-c1nc(CO)no1. The Labute approximate surface area is 95.1 Å². The van der Waals surface area contributed by atoms with E-state index in [1.54, 1.807) is 0 Å². The summed E-state index contributed by atoms with van der Waals surface area (Å²) < 4.78 is 6.03. The summed E-state index contributed by atoms with van der Waals surface area (Å²) in [5.74, 6) is 0.724. The van der Waals surface area contributed by atoms with Crippen molar-refractivity contribution in [2.75, 3.05) is 0 Å². The normalized spacial score (nSPS) is 10.6. The van der Waals surface area contributed by atoms with E-state index in [0.717, 1.165) is 15.6 Å². The van der Waals surface area contributed by atoms with Crippen LogP contribution in [0.4, 0.5) is 0 Å². The van der Waals surface area contributed by atoms with Crippen LogP contribution >= 0.6 is 15.9 Å². The molecule has 0 radical (unpaired) electrons. The Morgan fingerprint density at radius 2 is 2.27 bits per heavy atom. The second kappa shape index (κ2) is 4.12. The lowest BCUT2D eigenvalue weighted by Gasteiger charge is -2.01. The Morgan fingerprint density at radius 1 is 1.47 bits per heavy atom. The van der Waals surface area contributed by atoms with Gasteiger partial charge in [-0.15, -0.1) is 0 Å². The van der Waals surface area contributed by atoms with E-state index in [0.29, 0.717) is 11.7 Å². The molecule has 78 valence electrons. The van der Waals surface area contributed by atoms with Gasteiger partial charge in [-0.2, -0.15) is 4.98 Å². The fourth-order valence-corrected chi connectivity index (χ4v) is 1.63. The maximum Gasteiger partial charge on any atom is 0.258 e. The quantitative estimate of drug-likeness (QED) is 0.908. The van der Waals surface area contributed by atoms with Crippen LogP contribution in [0.5, 0.6) is 0 Å². The first-order valence-electron chi connectivity index (χ1n) is 4.41. The van der Waals surface area contributed by atoms with Gasteiger partial charge in [-0.25, -0.2) is 0 Å². The third-order valence-corrected chi connectivity index (χ3v) is 2.97. The highest BCUT2D eigenvalue weighted by Gasteiger charge is 2.11. The van der Waals surface area contributed by atoms with Crippen molar-refractivity contribution in [2.45, 2.75) is 13.5 Å². The van der Waals surface area contributed by atoms with E-state index in [9.17, 15) is 0 Å². The summed E-state index contributed by atoms with van der Waals surface area (Å²) in [4.78, 5) is 4.05. The highest BCUT2D eigenvalue weighted by atomic mass is 79.9. The molecule has 15 heavy (non-hydrogen) atoms. The molecule has 2 rings (SSSR count). The van der Waals surface area contributed by atoms with Gasteiger partial charge in [0.1, 0.15) is 6.61 Å². The van der Waals surface area contributed by atoms with Crippen LogP contribution < -0.4 is 0 Å². The van der Waals surface area contributed by atoms with Gasteiger partial charge in [0.2, 0.25) is 0 Å². The topological polar surface area (TPSA) is 59.2 Å². The molecule has 0 atom stereocenters. The van der Waals surface area contributed by atoms with Crippen molar-refractivity contribution in [1.29, 1.82) is 0 Å². The summed E-state index contributed by atoms with van der Waals surface area (Å²) in [7, 11) is 0. The monoisotopic (exact) mass is 268 g/mol.